The van der Waals surface area contributed by atoms with E-state index in [4.69, 9.17) is 21.7 Å². The third kappa shape index (κ3) is 8.29. The molecule has 0 aliphatic heterocycles. The quantitative estimate of drug-likeness (QED) is 0.136. The van der Waals surface area contributed by atoms with Gasteiger partial charge in [-0.25, -0.2) is 9.78 Å². The van der Waals surface area contributed by atoms with Crippen molar-refractivity contribution in [2.24, 2.45) is 11.5 Å². The van der Waals surface area contributed by atoms with Crippen LogP contribution < -0.4 is 27.4 Å². The van der Waals surface area contributed by atoms with Crippen molar-refractivity contribution in [2.75, 3.05) is 6.61 Å². The first-order valence-electron chi connectivity index (χ1n) is 9.40. The van der Waals surface area contributed by atoms with Gasteiger partial charge in [0.2, 0.25) is 23.6 Å². The Kier molecular flexibility index (Phi) is 10.2. The Labute approximate surface area is 181 Å². The second-order valence-corrected chi connectivity index (χ2v) is 6.93. The maximum absolute atomic E-state index is 12.7. The zero-order valence-electron chi connectivity index (χ0n) is 17.1. The van der Waals surface area contributed by atoms with Gasteiger partial charge in [0.15, 0.2) is 0 Å². The van der Waals surface area contributed by atoms with Crippen LogP contribution in [-0.2, 0) is 30.4 Å². The Morgan fingerprint density at radius 3 is 2.19 bits per heavy atom. The van der Waals surface area contributed by atoms with Crippen molar-refractivity contribution >= 4 is 29.6 Å². The summed E-state index contributed by atoms with van der Waals surface area (Å²) in [6.07, 6.45) is 0.599. The molecule has 0 aliphatic rings. The van der Waals surface area contributed by atoms with E-state index in [0.717, 1.165) is 0 Å². The summed E-state index contributed by atoms with van der Waals surface area (Å²) in [5.41, 5.74) is 10.9. The number of aromatic amines is 1. The summed E-state index contributed by atoms with van der Waals surface area (Å²) in [5.74, 6) is -5.22. The Hall–Kier alpha value is -3.56. The molecule has 1 aromatic heterocycles. The van der Waals surface area contributed by atoms with Gasteiger partial charge in [0.25, 0.3) is 0 Å². The van der Waals surface area contributed by atoms with Crippen molar-refractivity contribution in [3.8, 4) is 0 Å². The highest BCUT2D eigenvalue weighted by molar-refractivity contribution is 5.95. The molecule has 4 amide bonds. The fourth-order valence-electron chi connectivity index (χ4n) is 2.52. The Bertz CT molecular complexity index is 814. The van der Waals surface area contributed by atoms with Crippen molar-refractivity contribution in [3.05, 3.63) is 18.2 Å². The first-order valence-corrected chi connectivity index (χ1v) is 9.40. The molecular formula is C17H27N7O8. The molecule has 0 saturated carbocycles. The van der Waals surface area contributed by atoms with Gasteiger partial charge in [-0.05, 0) is 6.92 Å². The molecule has 1 rings (SSSR count). The van der Waals surface area contributed by atoms with Crippen LogP contribution in [0.4, 0.5) is 0 Å². The molecule has 15 heteroatoms. The second kappa shape index (κ2) is 12.3. The zero-order valence-corrected chi connectivity index (χ0v) is 17.1. The van der Waals surface area contributed by atoms with E-state index in [1.165, 1.54) is 19.4 Å². The Balaban J connectivity index is 2.99. The van der Waals surface area contributed by atoms with Crippen LogP contribution in [-0.4, -0.2) is 91.8 Å². The molecule has 0 saturated heterocycles. The predicted molar refractivity (Wildman–Crippen MR) is 106 cm³/mol. The van der Waals surface area contributed by atoms with E-state index in [-0.39, 0.29) is 6.42 Å². The SMILES string of the molecule is CC(O)C(NC(=O)C(N)CC(N)=O)C(=O)NC(Cc1cnc[nH]1)C(=O)NC(CO)C(=O)O. The molecule has 15 nitrogen and oxygen atoms in total. The number of H-pyrrole nitrogens is 1. The minimum Gasteiger partial charge on any atom is -0.480 e. The number of amides is 4. The molecule has 1 aromatic rings. The average Bonchev–Trinajstić information content (AvgIpc) is 3.21. The molecule has 0 aromatic carbocycles. The fraction of sp³-hybridized carbons (Fsp3) is 0.529. The van der Waals surface area contributed by atoms with Crippen LogP contribution in [0.1, 0.15) is 19.0 Å². The number of imidazole rings is 1. The number of rotatable bonds is 13. The van der Waals surface area contributed by atoms with E-state index < -0.39 is 72.9 Å². The summed E-state index contributed by atoms with van der Waals surface area (Å²) >= 11 is 0. The van der Waals surface area contributed by atoms with Gasteiger partial charge in [0, 0.05) is 18.3 Å². The topological polar surface area (TPSA) is 263 Å². The van der Waals surface area contributed by atoms with E-state index in [1.54, 1.807) is 0 Å². The van der Waals surface area contributed by atoms with Crippen LogP contribution in [0.15, 0.2) is 12.5 Å². The summed E-state index contributed by atoms with van der Waals surface area (Å²) in [6.45, 7) is 0.302. The number of hydrogen-bond donors (Lipinski definition) is 9. The lowest BCUT2D eigenvalue weighted by Crippen LogP contribution is -2.60. The lowest BCUT2D eigenvalue weighted by Gasteiger charge is -2.26. The minimum atomic E-state index is -1.62. The van der Waals surface area contributed by atoms with Gasteiger partial charge < -0.3 is 47.7 Å². The van der Waals surface area contributed by atoms with Crippen molar-refractivity contribution in [1.29, 1.82) is 0 Å². The third-order valence-electron chi connectivity index (χ3n) is 4.23. The summed E-state index contributed by atoms with van der Waals surface area (Å²) in [6, 6.07) is -5.92. The molecule has 0 spiro atoms. The van der Waals surface area contributed by atoms with Crippen LogP contribution in [0.2, 0.25) is 0 Å². The van der Waals surface area contributed by atoms with Gasteiger partial charge in [0.1, 0.15) is 18.1 Å². The van der Waals surface area contributed by atoms with E-state index in [2.05, 4.69) is 25.9 Å². The number of primary amides is 1. The van der Waals surface area contributed by atoms with Crippen molar-refractivity contribution in [1.82, 2.24) is 25.9 Å². The molecule has 178 valence electrons. The van der Waals surface area contributed by atoms with Gasteiger partial charge in [-0.2, -0.15) is 0 Å². The standard InChI is InChI=1S/C17H27N7O8/c1-7(26)13(24-14(28)9(18)3-12(19)27)16(30)22-10(2-8-4-20-6-21-8)15(29)23-11(5-25)17(31)32/h4,6-7,9-11,13,25-26H,2-3,5,18H2,1H3,(H2,19,27)(H,20,21)(H,22,30)(H,23,29)(H,24,28)(H,31,32). The fourth-order valence-corrected chi connectivity index (χ4v) is 2.52. The van der Waals surface area contributed by atoms with Gasteiger partial charge in [0.05, 0.1) is 31.5 Å². The van der Waals surface area contributed by atoms with Crippen LogP contribution in [0.25, 0.3) is 0 Å². The van der Waals surface area contributed by atoms with Crippen molar-refractivity contribution in [2.45, 2.75) is 50.0 Å². The highest BCUT2D eigenvalue weighted by Crippen LogP contribution is 2.03. The number of carbonyl (C=O) groups excluding carboxylic acids is 4. The van der Waals surface area contributed by atoms with E-state index in [9.17, 15) is 29.1 Å². The first kappa shape index (κ1) is 26.5. The number of aliphatic hydroxyl groups is 2. The number of aromatic nitrogens is 2. The zero-order chi connectivity index (χ0) is 24.4. The highest BCUT2D eigenvalue weighted by atomic mass is 16.4. The minimum absolute atomic E-state index is 0.156. The lowest BCUT2D eigenvalue weighted by atomic mass is 10.1. The summed E-state index contributed by atoms with van der Waals surface area (Å²) in [5, 5.41) is 34.6. The van der Waals surface area contributed by atoms with Crippen LogP contribution in [0.5, 0.6) is 0 Å². The van der Waals surface area contributed by atoms with Crippen molar-refractivity contribution < 1.29 is 39.3 Å². The van der Waals surface area contributed by atoms with Crippen LogP contribution in [0.3, 0.4) is 0 Å². The number of carboxylic acids is 1. The smallest absolute Gasteiger partial charge is 0.328 e. The van der Waals surface area contributed by atoms with Gasteiger partial charge in [-0.1, -0.05) is 0 Å². The lowest BCUT2D eigenvalue weighted by molar-refractivity contribution is -0.143. The molecular weight excluding hydrogens is 430 g/mol. The van der Waals surface area contributed by atoms with E-state index in [1.807, 2.05) is 0 Å². The third-order valence-corrected chi connectivity index (χ3v) is 4.23. The number of nitrogens with one attached hydrogen (secondary N) is 4. The Morgan fingerprint density at radius 1 is 1.09 bits per heavy atom. The molecule has 0 radical (unpaired) electrons. The molecule has 11 N–H and O–H groups in total. The number of carbonyl (C=O) groups is 5. The largest absolute Gasteiger partial charge is 0.480 e. The highest BCUT2D eigenvalue weighted by Gasteiger charge is 2.32. The molecule has 5 atom stereocenters. The van der Waals surface area contributed by atoms with E-state index >= 15 is 0 Å². The summed E-state index contributed by atoms with van der Waals surface area (Å²) in [7, 11) is 0. The number of aliphatic hydroxyl groups excluding tert-OH is 2. The molecule has 32 heavy (non-hydrogen) atoms. The molecule has 0 aliphatic carbocycles. The van der Waals surface area contributed by atoms with Gasteiger partial charge in [-0.15, -0.1) is 0 Å². The van der Waals surface area contributed by atoms with Gasteiger partial charge >= 0.3 is 5.97 Å². The van der Waals surface area contributed by atoms with Crippen molar-refractivity contribution in [3.63, 3.8) is 0 Å². The number of hydrogen-bond acceptors (Lipinski definition) is 9. The molecule has 1 heterocycles. The monoisotopic (exact) mass is 457 g/mol. The normalized spacial score (nSPS) is 15.5. The maximum Gasteiger partial charge on any atom is 0.328 e. The van der Waals surface area contributed by atoms with Gasteiger partial charge in [-0.3, -0.25) is 19.2 Å². The van der Waals surface area contributed by atoms with Crippen LogP contribution >= 0.6 is 0 Å². The summed E-state index contributed by atoms with van der Waals surface area (Å²) < 4.78 is 0. The number of aliphatic carboxylic acids is 1. The molecule has 0 fully saturated rings. The molecule has 0 bridgehead atoms. The second-order valence-electron chi connectivity index (χ2n) is 6.93. The number of nitrogens with zero attached hydrogens (tertiary/aromatic N) is 1. The Morgan fingerprint density at radius 2 is 1.72 bits per heavy atom. The summed E-state index contributed by atoms with van der Waals surface area (Å²) in [4.78, 5) is 65.9. The predicted octanol–water partition coefficient (Wildman–Crippen LogP) is -4.93. The van der Waals surface area contributed by atoms with E-state index in [0.29, 0.717) is 5.69 Å². The maximum atomic E-state index is 12.7. The number of nitrogens with two attached hydrogens (primary N) is 2. The molecule has 5 unspecified atom stereocenters. The average molecular weight is 457 g/mol. The van der Waals surface area contributed by atoms with Crippen LogP contribution in [0, 0.1) is 0 Å². The number of carboxylic acid groups (broad SMARTS) is 1. The first-order chi connectivity index (χ1) is 15.0.